The number of halogens is 3. The molecule has 6 heteroatoms. The summed E-state index contributed by atoms with van der Waals surface area (Å²) in [5.74, 6) is -0.437. The van der Waals surface area contributed by atoms with Crippen LogP contribution in [-0.4, -0.2) is 16.3 Å². The molecule has 94 valence electrons. The number of nitrogens with one attached hydrogen (secondary N) is 1. The van der Waals surface area contributed by atoms with Crippen molar-refractivity contribution >= 4 is 23.2 Å². The van der Waals surface area contributed by atoms with Gasteiger partial charge in [-0.1, -0.05) is 23.2 Å². The summed E-state index contributed by atoms with van der Waals surface area (Å²) in [6, 6.07) is 2.53. The van der Waals surface area contributed by atoms with Gasteiger partial charge in [-0.25, -0.2) is 4.39 Å². The average Bonchev–Trinajstić information content (AvgIpc) is 2.72. The Morgan fingerprint density at radius 3 is 2.72 bits per heavy atom. The molecule has 1 N–H and O–H groups in total. The zero-order valence-electron chi connectivity index (χ0n) is 9.38. The molecule has 0 fully saturated rings. The van der Waals surface area contributed by atoms with Gasteiger partial charge in [0.1, 0.15) is 5.82 Å². The fraction of sp³-hybridized carbons (Fsp3) is 0.250. The first-order valence-corrected chi connectivity index (χ1v) is 6.32. The maximum atomic E-state index is 13.2. The van der Waals surface area contributed by atoms with Gasteiger partial charge >= 0.3 is 0 Å². The van der Waals surface area contributed by atoms with Crippen LogP contribution in [0.2, 0.25) is 10.0 Å². The Balaban J connectivity index is 2.18. The SMILES string of the molecule is Fc1cc(Cl)c(-c2cnn3c2CNCC3)c(Cl)c1. The summed E-state index contributed by atoms with van der Waals surface area (Å²) >= 11 is 12.2. The van der Waals surface area contributed by atoms with Crippen molar-refractivity contribution in [3.63, 3.8) is 0 Å². The molecule has 0 spiro atoms. The summed E-state index contributed by atoms with van der Waals surface area (Å²) in [6.45, 7) is 2.41. The van der Waals surface area contributed by atoms with Crippen LogP contribution in [-0.2, 0) is 13.1 Å². The lowest BCUT2D eigenvalue weighted by Gasteiger charge is -2.17. The van der Waals surface area contributed by atoms with Gasteiger partial charge in [0, 0.05) is 24.2 Å². The molecule has 0 saturated carbocycles. The Hall–Kier alpha value is -1.10. The predicted molar refractivity (Wildman–Crippen MR) is 69.3 cm³/mol. The number of benzene rings is 1. The smallest absolute Gasteiger partial charge is 0.126 e. The molecule has 3 nitrogen and oxygen atoms in total. The van der Waals surface area contributed by atoms with Crippen LogP contribution in [0.3, 0.4) is 0 Å². The third-order valence-corrected chi connectivity index (χ3v) is 3.61. The molecule has 0 saturated heterocycles. The lowest BCUT2D eigenvalue weighted by atomic mass is 10.1. The molecule has 0 amide bonds. The molecule has 2 aromatic rings. The molecule has 3 rings (SSSR count). The van der Waals surface area contributed by atoms with Gasteiger partial charge in [-0.3, -0.25) is 4.68 Å². The molecule has 18 heavy (non-hydrogen) atoms. The van der Waals surface area contributed by atoms with Gasteiger partial charge in [-0.05, 0) is 12.1 Å². The second-order valence-corrected chi connectivity index (χ2v) is 4.96. The van der Waals surface area contributed by atoms with Gasteiger partial charge < -0.3 is 5.32 Å². The van der Waals surface area contributed by atoms with Crippen molar-refractivity contribution in [3.8, 4) is 11.1 Å². The number of hydrogen-bond acceptors (Lipinski definition) is 2. The van der Waals surface area contributed by atoms with Gasteiger partial charge in [0.15, 0.2) is 0 Å². The maximum absolute atomic E-state index is 13.2. The summed E-state index contributed by atoms with van der Waals surface area (Å²) in [7, 11) is 0. The molecule has 0 unspecified atom stereocenters. The van der Waals surface area contributed by atoms with Crippen molar-refractivity contribution in [2.75, 3.05) is 6.54 Å². The summed E-state index contributed by atoms with van der Waals surface area (Å²) in [4.78, 5) is 0. The third-order valence-electron chi connectivity index (χ3n) is 3.02. The largest absolute Gasteiger partial charge is 0.309 e. The second-order valence-electron chi connectivity index (χ2n) is 4.15. The zero-order chi connectivity index (χ0) is 12.7. The van der Waals surface area contributed by atoms with E-state index in [4.69, 9.17) is 23.2 Å². The van der Waals surface area contributed by atoms with E-state index in [1.807, 2.05) is 4.68 Å². The third kappa shape index (κ3) is 1.90. The monoisotopic (exact) mass is 285 g/mol. The van der Waals surface area contributed by atoms with Crippen LogP contribution in [0.4, 0.5) is 4.39 Å². The van der Waals surface area contributed by atoms with Crippen molar-refractivity contribution in [3.05, 3.63) is 39.9 Å². The van der Waals surface area contributed by atoms with E-state index >= 15 is 0 Å². The minimum Gasteiger partial charge on any atom is -0.309 e. The number of nitrogens with zero attached hydrogens (tertiary/aromatic N) is 2. The van der Waals surface area contributed by atoms with Crippen LogP contribution in [0, 0.1) is 5.82 Å². The van der Waals surface area contributed by atoms with Gasteiger partial charge in [0.25, 0.3) is 0 Å². The van der Waals surface area contributed by atoms with E-state index in [1.54, 1.807) is 6.20 Å². The highest BCUT2D eigenvalue weighted by Gasteiger charge is 2.20. The van der Waals surface area contributed by atoms with Crippen molar-refractivity contribution in [2.45, 2.75) is 13.1 Å². The Kier molecular flexibility index (Phi) is 3.01. The summed E-state index contributed by atoms with van der Waals surface area (Å²) in [6.07, 6.45) is 1.73. The molecule has 1 aromatic heterocycles. The summed E-state index contributed by atoms with van der Waals surface area (Å²) in [5, 5.41) is 8.18. The maximum Gasteiger partial charge on any atom is 0.126 e. The Labute approximate surface area is 114 Å². The molecule has 1 aliphatic heterocycles. The number of rotatable bonds is 1. The van der Waals surface area contributed by atoms with Crippen molar-refractivity contribution in [1.29, 1.82) is 0 Å². The first kappa shape index (κ1) is 12.0. The van der Waals surface area contributed by atoms with Gasteiger partial charge in [-0.15, -0.1) is 0 Å². The van der Waals surface area contributed by atoms with E-state index in [9.17, 15) is 4.39 Å². The molecule has 0 aliphatic carbocycles. The molecule has 1 aliphatic rings. The lowest BCUT2D eigenvalue weighted by molar-refractivity contribution is 0.476. The molecular weight excluding hydrogens is 276 g/mol. The average molecular weight is 286 g/mol. The van der Waals surface area contributed by atoms with E-state index in [2.05, 4.69) is 10.4 Å². The number of fused-ring (bicyclic) bond motifs is 1. The van der Waals surface area contributed by atoms with E-state index < -0.39 is 5.82 Å². The van der Waals surface area contributed by atoms with Crippen molar-refractivity contribution < 1.29 is 4.39 Å². The number of hydrogen-bond donors (Lipinski definition) is 1. The van der Waals surface area contributed by atoms with E-state index in [1.165, 1.54) is 12.1 Å². The lowest BCUT2D eigenvalue weighted by Crippen LogP contribution is -2.28. The second kappa shape index (κ2) is 4.53. The fourth-order valence-electron chi connectivity index (χ4n) is 2.19. The van der Waals surface area contributed by atoms with Gasteiger partial charge in [0.2, 0.25) is 0 Å². The van der Waals surface area contributed by atoms with Crippen LogP contribution in [0.5, 0.6) is 0 Å². The summed E-state index contributed by atoms with van der Waals surface area (Å²) < 4.78 is 15.1. The number of aromatic nitrogens is 2. The van der Waals surface area contributed by atoms with Crippen LogP contribution in [0.15, 0.2) is 18.3 Å². The Morgan fingerprint density at radius 1 is 1.28 bits per heavy atom. The molecule has 0 atom stereocenters. The van der Waals surface area contributed by atoms with Crippen LogP contribution >= 0.6 is 23.2 Å². The topological polar surface area (TPSA) is 29.9 Å². The predicted octanol–water partition coefficient (Wildman–Crippen LogP) is 3.10. The van der Waals surface area contributed by atoms with Crippen LogP contribution in [0.1, 0.15) is 5.69 Å². The zero-order valence-corrected chi connectivity index (χ0v) is 10.9. The quantitative estimate of drug-likeness (QED) is 0.873. The highest BCUT2D eigenvalue weighted by molar-refractivity contribution is 6.39. The van der Waals surface area contributed by atoms with Gasteiger partial charge in [0.05, 0.1) is 28.5 Å². The summed E-state index contributed by atoms with van der Waals surface area (Å²) in [5.41, 5.74) is 2.53. The van der Waals surface area contributed by atoms with Crippen LogP contribution in [0.25, 0.3) is 11.1 Å². The Morgan fingerprint density at radius 2 is 2.00 bits per heavy atom. The minimum absolute atomic E-state index is 0.307. The highest BCUT2D eigenvalue weighted by atomic mass is 35.5. The molecule has 1 aromatic carbocycles. The van der Waals surface area contributed by atoms with E-state index in [0.29, 0.717) is 22.2 Å². The molecule has 0 bridgehead atoms. The van der Waals surface area contributed by atoms with E-state index in [0.717, 1.165) is 24.3 Å². The fourth-order valence-corrected chi connectivity index (χ4v) is 2.85. The minimum atomic E-state index is -0.437. The first-order valence-electron chi connectivity index (χ1n) is 5.57. The molecule has 2 heterocycles. The Bertz CT molecular complexity index is 586. The van der Waals surface area contributed by atoms with Crippen molar-refractivity contribution in [1.82, 2.24) is 15.1 Å². The van der Waals surface area contributed by atoms with Crippen LogP contribution < -0.4 is 5.32 Å². The molecular formula is C12H10Cl2FN3. The van der Waals surface area contributed by atoms with E-state index in [-0.39, 0.29) is 0 Å². The standard InChI is InChI=1S/C12H10Cl2FN3/c13-9-3-7(15)4-10(14)12(9)8-5-17-18-2-1-16-6-11(8)18/h3-5,16H,1-2,6H2. The first-order chi connectivity index (χ1) is 8.66. The van der Waals surface area contributed by atoms with Gasteiger partial charge in [-0.2, -0.15) is 5.10 Å². The molecule has 0 radical (unpaired) electrons. The normalized spacial score (nSPS) is 14.6. The van der Waals surface area contributed by atoms with Crippen molar-refractivity contribution in [2.24, 2.45) is 0 Å². The highest BCUT2D eigenvalue weighted by Crippen LogP contribution is 2.37.